The minimum absolute atomic E-state index is 0.0132. The molecule has 2 aromatic rings. The number of likely N-dealkylation sites (tertiary alicyclic amines) is 1. The molecule has 1 fully saturated rings. The quantitative estimate of drug-likeness (QED) is 0.828. The van der Waals surface area contributed by atoms with E-state index in [4.69, 9.17) is 0 Å². The zero-order chi connectivity index (χ0) is 18.7. The molecule has 0 radical (unpaired) electrons. The Hall–Kier alpha value is -2.21. The average Bonchev–Trinajstić information content (AvgIpc) is 3.15. The summed E-state index contributed by atoms with van der Waals surface area (Å²) >= 11 is 0. The van der Waals surface area contributed by atoms with E-state index >= 15 is 0 Å². The number of benzene rings is 1. The van der Waals surface area contributed by atoms with Crippen LogP contribution in [0.3, 0.4) is 0 Å². The molecule has 1 aliphatic rings. The van der Waals surface area contributed by atoms with Crippen molar-refractivity contribution in [3.63, 3.8) is 0 Å². The lowest BCUT2D eigenvalue weighted by atomic mass is 9.98. The second kappa shape index (κ2) is 7.99. The van der Waals surface area contributed by atoms with Gasteiger partial charge in [-0.05, 0) is 37.5 Å². The second-order valence-corrected chi connectivity index (χ2v) is 7.28. The van der Waals surface area contributed by atoms with Crippen molar-refractivity contribution < 1.29 is 9.18 Å². The number of hydrogen-bond donors (Lipinski definition) is 1. The van der Waals surface area contributed by atoms with Crippen molar-refractivity contribution in [1.82, 2.24) is 19.8 Å². The van der Waals surface area contributed by atoms with Gasteiger partial charge in [0, 0.05) is 51.4 Å². The van der Waals surface area contributed by atoms with E-state index in [0.717, 1.165) is 30.8 Å². The average molecular weight is 358 g/mol. The predicted molar refractivity (Wildman–Crippen MR) is 99.0 cm³/mol. The Labute approximate surface area is 154 Å². The number of halogens is 1. The van der Waals surface area contributed by atoms with E-state index in [2.05, 4.69) is 17.2 Å². The molecule has 26 heavy (non-hydrogen) atoms. The van der Waals surface area contributed by atoms with Crippen LogP contribution in [0.5, 0.6) is 0 Å². The first-order valence-electron chi connectivity index (χ1n) is 9.16. The lowest BCUT2D eigenvalue weighted by Crippen LogP contribution is -2.35. The van der Waals surface area contributed by atoms with Crippen LogP contribution in [0.1, 0.15) is 37.2 Å². The number of nitrogens with one attached hydrogen (secondary N) is 1. The van der Waals surface area contributed by atoms with Crippen LogP contribution >= 0.6 is 0 Å². The number of nitrogens with zero attached hydrogens (tertiary/aromatic N) is 3. The molecule has 1 aromatic heterocycles. The standard InChI is InChI=1S/C20H27FN4O/c1-14(4-5-15-6-8-17(21)9-7-15)23-13-16-12-18(26)25(3)19(16)20-22-10-11-24(20)2/h6-11,14,16,19,23H,4-5,12-13H2,1-3H3/t14?,16-,19+/m0/s1. The first-order chi connectivity index (χ1) is 12.5. The van der Waals surface area contributed by atoms with Crippen LogP contribution in [-0.4, -0.2) is 40.0 Å². The highest BCUT2D eigenvalue weighted by Gasteiger charge is 2.40. The molecule has 0 saturated carbocycles. The maximum absolute atomic E-state index is 13.0. The molecule has 0 spiro atoms. The second-order valence-electron chi connectivity index (χ2n) is 7.28. The molecule has 0 aliphatic carbocycles. The van der Waals surface area contributed by atoms with E-state index in [1.54, 1.807) is 6.20 Å². The molecular formula is C20H27FN4O. The van der Waals surface area contributed by atoms with Crippen molar-refractivity contribution in [3.8, 4) is 0 Å². The van der Waals surface area contributed by atoms with Crippen molar-refractivity contribution >= 4 is 5.91 Å². The Kier molecular flexibility index (Phi) is 5.71. The number of aryl methyl sites for hydroxylation is 2. The molecule has 6 heteroatoms. The minimum atomic E-state index is -0.199. The van der Waals surface area contributed by atoms with Gasteiger partial charge >= 0.3 is 0 Å². The molecule has 1 saturated heterocycles. The summed E-state index contributed by atoms with van der Waals surface area (Å²) in [5.41, 5.74) is 1.14. The molecule has 0 bridgehead atoms. The molecule has 140 valence electrons. The van der Waals surface area contributed by atoms with E-state index in [9.17, 15) is 9.18 Å². The van der Waals surface area contributed by atoms with Gasteiger partial charge in [-0.15, -0.1) is 0 Å². The fourth-order valence-corrected chi connectivity index (χ4v) is 3.67. The van der Waals surface area contributed by atoms with Gasteiger partial charge in [0.15, 0.2) is 0 Å². The third kappa shape index (κ3) is 4.12. The SMILES string of the molecule is CC(CCc1ccc(F)cc1)NC[C@@H]1CC(=O)N(C)[C@H]1c1nccn1C. The molecule has 1 N–H and O–H groups in total. The molecule has 3 atom stereocenters. The lowest BCUT2D eigenvalue weighted by Gasteiger charge is -2.26. The van der Waals surface area contributed by atoms with Crippen LogP contribution in [0.25, 0.3) is 0 Å². The number of carbonyl (C=O) groups is 1. The van der Waals surface area contributed by atoms with Crippen molar-refractivity contribution in [3.05, 3.63) is 53.9 Å². The zero-order valence-corrected chi connectivity index (χ0v) is 15.7. The normalized spacial score (nSPS) is 21.4. The van der Waals surface area contributed by atoms with Gasteiger partial charge in [0.05, 0.1) is 6.04 Å². The summed E-state index contributed by atoms with van der Waals surface area (Å²) in [6.07, 6.45) is 6.12. The van der Waals surface area contributed by atoms with E-state index < -0.39 is 0 Å². The van der Waals surface area contributed by atoms with Crippen LogP contribution in [0.4, 0.5) is 4.39 Å². The Morgan fingerprint density at radius 2 is 2.04 bits per heavy atom. The highest BCUT2D eigenvalue weighted by molar-refractivity contribution is 5.79. The molecule has 5 nitrogen and oxygen atoms in total. The number of amides is 1. The summed E-state index contributed by atoms with van der Waals surface area (Å²) in [7, 11) is 3.83. The highest BCUT2D eigenvalue weighted by Crippen LogP contribution is 2.35. The monoisotopic (exact) mass is 358 g/mol. The Morgan fingerprint density at radius 1 is 1.31 bits per heavy atom. The molecule has 1 amide bonds. The number of rotatable bonds is 7. The van der Waals surface area contributed by atoms with E-state index in [1.807, 2.05) is 41.9 Å². The van der Waals surface area contributed by atoms with Crippen molar-refractivity contribution in [2.45, 2.75) is 38.3 Å². The lowest BCUT2D eigenvalue weighted by molar-refractivity contribution is -0.127. The number of imidazole rings is 1. The maximum Gasteiger partial charge on any atom is 0.223 e. The Bertz CT molecular complexity index is 743. The van der Waals surface area contributed by atoms with Crippen LogP contribution in [-0.2, 0) is 18.3 Å². The zero-order valence-electron chi connectivity index (χ0n) is 15.7. The summed E-state index contributed by atoms with van der Waals surface area (Å²) < 4.78 is 15.0. The van der Waals surface area contributed by atoms with Crippen LogP contribution in [0, 0.1) is 11.7 Å². The third-order valence-electron chi connectivity index (χ3n) is 5.32. The Morgan fingerprint density at radius 3 is 2.69 bits per heavy atom. The molecule has 1 unspecified atom stereocenters. The van der Waals surface area contributed by atoms with Gasteiger partial charge in [-0.3, -0.25) is 4.79 Å². The first-order valence-corrected chi connectivity index (χ1v) is 9.16. The van der Waals surface area contributed by atoms with Gasteiger partial charge in [0.1, 0.15) is 11.6 Å². The molecule has 2 heterocycles. The molecule has 3 rings (SSSR count). The molecular weight excluding hydrogens is 331 g/mol. The molecule has 1 aliphatic heterocycles. The smallest absolute Gasteiger partial charge is 0.223 e. The maximum atomic E-state index is 13.0. The van der Waals surface area contributed by atoms with Crippen LogP contribution < -0.4 is 5.32 Å². The van der Waals surface area contributed by atoms with Crippen molar-refractivity contribution in [2.24, 2.45) is 13.0 Å². The van der Waals surface area contributed by atoms with Gasteiger partial charge in [-0.2, -0.15) is 0 Å². The topological polar surface area (TPSA) is 50.2 Å². The van der Waals surface area contributed by atoms with Crippen LogP contribution in [0.15, 0.2) is 36.7 Å². The summed E-state index contributed by atoms with van der Waals surface area (Å²) in [5, 5.41) is 3.57. The van der Waals surface area contributed by atoms with Gasteiger partial charge in [0.2, 0.25) is 5.91 Å². The summed E-state index contributed by atoms with van der Waals surface area (Å²) in [4.78, 5) is 18.5. The number of hydrogen-bond acceptors (Lipinski definition) is 3. The van der Waals surface area contributed by atoms with Gasteiger partial charge < -0.3 is 14.8 Å². The van der Waals surface area contributed by atoms with Gasteiger partial charge in [-0.1, -0.05) is 12.1 Å². The van der Waals surface area contributed by atoms with Gasteiger partial charge in [0.25, 0.3) is 0 Å². The number of aromatic nitrogens is 2. The van der Waals surface area contributed by atoms with E-state index in [-0.39, 0.29) is 23.7 Å². The van der Waals surface area contributed by atoms with Gasteiger partial charge in [-0.25, -0.2) is 9.37 Å². The number of carbonyl (C=O) groups excluding carboxylic acids is 1. The molecule has 1 aromatic carbocycles. The van der Waals surface area contributed by atoms with E-state index in [0.29, 0.717) is 12.5 Å². The Balaban J connectivity index is 1.54. The predicted octanol–water partition coefficient (Wildman–Crippen LogP) is 2.69. The fourth-order valence-electron chi connectivity index (χ4n) is 3.67. The first kappa shape index (κ1) is 18.6. The van der Waals surface area contributed by atoms with E-state index in [1.165, 1.54) is 12.1 Å². The summed E-state index contributed by atoms with van der Waals surface area (Å²) in [6.45, 7) is 2.93. The van der Waals surface area contributed by atoms with Crippen LogP contribution in [0.2, 0.25) is 0 Å². The van der Waals surface area contributed by atoms with Crippen molar-refractivity contribution in [2.75, 3.05) is 13.6 Å². The van der Waals surface area contributed by atoms with Crippen molar-refractivity contribution in [1.29, 1.82) is 0 Å². The summed E-state index contributed by atoms with van der Waals surface area (Å²) in [6, 6.07) is 7.02. The largest absolute Gasteiger partial charge is 0.336 e. The third-order valence-corrected chi connectivity index (χ3v) is 5.32. The minimum Gasteiger partial charge on any atom is -0.336 e. The summed E-state index contributed by atoms with van der Waals surface area (Å²) in [5.74, 6) is 1.12. The highest BCUT2D eigenvalue weighted by atomic mass is 19.1. The fraction of sp³-hybridized carbons (Fsp3) is 0.500.